The van der Waals surface area contributed by atoms with Crippen molar-refractivity contribution in [1.82, 2.24) is 9.31 Å². The molecule has 0 radical (unpaired) electrons. The maximum atomic E-state index is 11.3. The summed E-state index contributed by atoms with van der Waals surface area (Å²) in [6, 6.07) is 0. The van der Waals surface area contributed by atoms with Crippen molar-refractivity contribution in [2.75, 3.05) is 31.9 Å². The van der Waals surface area contributed by atoms with Crippen molar-refractivity contribution >= 4 is 10.0 Å². The van der Waals surface area contributed by atoms with E-state index in [0.717, 1.165) is 0 Å². The Labute approximate surface area is 73.1 Å². The van der Waals surface area contributed by atoms with Gasteiger partial charge in [-0.1, -0.05) is 0 Å². The van der Waals surface area contributed by atoms with Crippen LogP contribution < -0.4 is 5.84 Å². The van der Waals surface area contributed by atoms with E-state index in [0.29, 0.717) is 26.2 Å². The minimum absolute atomic E-state index is 0.178. The van der Waals surface area contributed by atoms with E-state index < -0.39 is 10.0 Å². The van der Waals surface area contributed by atoms with Crippen LogP contribution in [0.25, 0.3) is 0 Å². The van der Waals surface area contributed by atoms with Gasteiger partial charge in [-0.25, -0.2) is 13.4 Å². The molecule has 1 saturated heterocycles. The Morgan fingerprint density at radius 3 is 2.17 bits per heavy atom. The molecule has 12 heavy (non-hydrogen) atoms. The highest BCUT2D eigenvalue weighted by Crippen LogP contribution is 2.04. The summed E-state index contributed by atoms with van der Waals surface area (Å²) in [5.41, 5.74) is 0. The third kappa shape index (κ3) is 2.16. The highest BCUT2D eigenvalue weighted by molar-refractivity contribution is 7.89. The fourth-order valence-electron chi connectivity index (χ4n) is 1.16. The zero-order valence-corrected chi connectivity index (χ0v) is 8.05. The van der Waals surface area contributed by atoms with Gasteiger partial charge in [-0.05, 0) is 6.92 Å². The second-order valence-corrected chi connectivity index (χ2v) is 5.09. The Morgan fingerprint density at radius 2 is 1.75 bits per heavy atom. The number of hydrogen-bond acceptors (Lipinski definition) is 4. The summed E-state index contributed by atoms with van der Waals surface area (Å²) >= 11 is 0. The molecule has 0 unspecified atom stereocenters. The van der Waals surface area contributed by atoms with Gasteiger partial charge in [-0.15, -0.1) is 0 Å². The smallest absolute Gasteiger partial charge is 0.213 e. The molecule has 1 aliphatic rings. The predicted molar refractivity (Wildman–Crippen MR) is 46.8 cm³/mol. The molecule has 2 N–H and O–H groups in total. The Morgan fingerprint density at radius 1 is 1.25 bits per heavy atom. The highest BCUT2D eigenvalue weighted by Gasteiger charge is 2.23. The van der Waals surface area contributed by atoms with Gasteiger partial charge < -0.3 is 0 Å². The van der Waals surface area contributed by atoms with Crippen LogP contribution in [0.3, 0.4) is 0 Å². The van der Waals surface area contributed by atoms with E-state index in [1.807, 2.05) is 0 Å². The molecule has 0 spiro atoms. The van der Waals surface area contributed by atoms with Crippen molar-refractivity contribution in [3.8, 4) is 0 Å². The van der Waals surface area contributed by atoms with Crippen LogP contribution in [-0.4, -0.2) is 49.7 Å². The molecule has 0 aromatic heterocycles. The van der Waals surface area contributed by atoms with Gasteiger partial charge in [0.1, 0.15) is 0 Å². The number of nitrogens with zero attached hydrogens (tertiary/aromatic N) is 2. The zero-order chi connectivity index (χ0) is 9.19. The summed E-state index contributed by atoms with van der Waals surface area (Å²) in [6.07, 6.45) is 0. The van der Waals surface area contributed by atoms with Crippen LogP contribution >= 0.6 is 0 Å². The zero-order valence-electron chi connectivity index (χ0n) is 7.23. The molecule has 5 nitrogen and oxygen atoms in total. The van der Waals surface area contributed by atoms with Gasteiger partial charge >= 0.3 is 0 Å². The quantitative estimate of drug-likeness (QED) is 0.561. The molecular weight excluding hydrogens is 178 g/mol. The van der Waals surface area contributed by atoms with E-state index in [1.54, 1.807) is 11.9 Å². The van der Waals surface area contributed by atoms with Crippen molar-refractivity contribution in [2.24, 2.45) is 5.84 Å². The van der Waals surface area contributed by atoms with Crippen LogP contribution in [0.5, 0.6) is 0 Å². The Balaban J connectivity index is 2.56. The summed E-state index contributed by atoms with van der Waals surface area (Å²) < 4.78 is 24.2. The molecule has 0 bridgehead atoms. The van der Waals surface area contributed by atoms with Crippen LogP contribution in [0, 0.1) is 0 Å². The van der Waals surface area contributed by atoms with Gasteiger partial charge in [0.05, 0.1) is 5.75 Å². The van der Waals surface area contributed by atoms with Crippen molar-refractivity contribution in [2.45, 2.75) is 6.92 Å². The molecule has 0 atom stereocenters. The van der Waals surface area contributed by atoms with Gasteiger partial charge in [0, 0.05) is 26.2 Å². The summed E-state index contributed by atoms with van der Waals surface area (Å²) in [7, 11) is -2.99. The number of hydrazine groups is 1. The lowest BCUT2D eigenvalue weighted by Crippen LogP contribution is -2.51. The van der Waals surface area contributed by atoms with E-state index in [9.17, 15) is 8.42 Å². The molecule has 0 amide bonds. The lowest BCUT2D eigenvalue weighted by Gasteiger charge is -2.30. The number of sulfonamides is 1. The molecule has 1 aliphatic heterocycles. The van der Waals surface area contributed by atoms with Crippen molar-refractivity contribution in [3.05, 3.63) is 0 Å². The second-order valence-electron chi connectivity index (χ2n) is 2.84. The Kier molecular flexibility index (Phi) is 3.05. The molecule has 0 aliphatic carbocycles. The van der Waals surface area contributed by atoms with Gasteiger partial charge in [0.2, 0.25) is 10.0 Å². The molecule has 1 fully saturated rings. The minimum atomic E-state index is -2.99. The number of piperazine rings is 1. The molecule has 0 saturated carbocycles. The molecular formula is C6H15N3O2S. The molecule has 72 valence electrons. The van der Waals surface area contributed by atoms with E-state index in [1.165, 1.54) is 4.31 Å². The highest BCUT2D eigenvalue weighted by atomic mass is 32.2. The van der Waals surface area contributed by atoms with E-state index in [-0.39, 0.29) is 5.75 Å². The maximum absolute atomic E-state index is 11.3. The number of hydrogen-bond donors (Lipinski definition) is 1. The summed E-state index contributed by atoms with van der Waals surface area (Å²) in [5.74, 6) is 5.67. The topological polar surface area (TPSA) is 66.6 Å². The molecule has 1 heterocycles. The van der Waals surface area contributed by atoms with Crippen LogP contribution in [0.2, 0.25) is 0 Å². The van der Waals surface area contributed by atoms with E-state index in [4.69, 9.17) is 5.84 Å². The molecule has 1 rings (SSSR count). The van der Waals surface area contributed by atoms with Crippen LogP contribution in [0.1, 0.15) is 6.92 Å². The normalized spacial score (nSPS) is 22.8. The lowest BCUT2D eigenvalue weighted by atomic mass is 10.4. The van der Waals surface area contributed by atoms with Crippen molar-refractivity contribution in [1.29, 1.82) is 0 Å². The third-order valence-corrected chi connectivity index (χ3v) is 3.91. The van der Waals surface area contributed by atoms with Crippen molar-refractivity contribution < 1.29 is 8.42 Å². The molecule has 0 aromatic rings. The van der Waals surface area contributed by atoms with E-state index >= 15 is 0 Å². The van der Waals surface area contributed by atoms with E-state index in [2.05, 4.69) is 0 Å². The molecule has 0 aromatic carbocycles. The van der Waals surface area contributed by atoms with Gasteiger partial charge in [-0.2, -0.15) is 4.31 Å². The minimum Gasteiger partial charge on any atom is -0.269 e. The average molecular weight is 193 g/mol. The first-order valence-electron chi connectivity index (χ1n) is 4.03. The summed E-state index contributed by atoms with van der Waals surface area (Å²) in [5, 5.41) is 1.64. The SMILES string of the molecule is CCS(=O)(=O)N1CCN(N)CC1. The first-order valence-corrected chi connectivity index (χ1v) is 5.64. The van der Waals surface area contributed by atoms with Gasteiger partial charge in [-0.3, -0.25) is 5.84 Å². The average Bonchev–Trinajstić information content (AvgIpc) is 2.05. The first-order chi connectivity index (χ1) is 5.56. The fraction of sp³-hybridized carbons (Fsp3) is 1.00. The van der Waals surface area contributed by atoms with Gasteiger partial charge in [0.15, 0.2) is 0 Å². The monoisotopic (exact) mass is 193 g/mol. The standard InChI is InChI=1S/C6H15N3O2S/c1-2-12(10,11)9-5-3-8(7)4-6-9/h2-7H2,1H3. The van der Waals surface area contributed by atoms with Crippen LogP contribution in [0.4, 0.5) is 0 Å². The second kappa shape index (κ2) is 3.69. The maximum Gasteiger partial charge on any atom is 0.213 e. The van der Waals surface area contributed by atoms with Crippen molar-refractivity contribution in [3.63, 3.8) is 0 Å². The lowest BCUT2D eigenvalue weighted by molar-refractivity contribution is 0.192. The van der Waals surface area contributed by atoms with Gasteiger partial charge in [0.25, 0.3) is 0 Å². The largest absolute Gasteiger partial charge is 0.269 e. The Bertz CT molecular complexity index is 231. The summed E-state index contributed by atoms with van der Waals surface area (Å²) in [4.78, 5) is 0. The Hall–Kier alpha value is -0.170. The first kappa shape index (κ1) is 9.91. The summed E-state index contributed by atoms with van der Waals surface area (Å²) in [6.45, 7) is 3.95. The van der Waals surface area contributed by atoms with Crippen LogP contribution in [-0.2, 0) is 10.0 Å². The third-order valence-electron chi connectivity index (χ3n) is 2.03. The van der Waals surface area contributed by atoms with Crippen LogP contribution in [0.15, 0.2) is 0 Å². The fourth-order valence-corrected chi connectivity index (χ4v) is 2.25. The predicted octanol–water partition coefficient (Wildman–Crippen LogP) is -1.17. The molecule has 6 heteroatoms. The number of rotatable bonds is 2. The number of nitrogens with two attached hydrogens (primary N) is 1.